The molecule has 2 rings (SSSR count). The topological polar surface area (TPSA) is 102 Å². The molecule has 132 valence electrons. The minimum absolute atomic E-state index is 0.00633. The lowest BCUT2D eigenvalue weighted by molar-refractivity contribution is -0.116. The van der Waals surface area contributed by atoms with E-state index in [4.69, 9.17) is 0 Å². The van der Waals surface area contributed by atoms with E-state index in [1.807, 2.05) is 6.92 Å². The van der Waals surface area contributed by atoms with Crippen molar-refractivity contribution in [2.24, 2.45) is 4.99 Å². The van der Waals surface area contributed by atoms with Gasteiger partial charge in [-0.1, -0.05) is 6.92 Å². The second-order valence-corrected chi connectivity index (χ2v) is 5.66. The highest BCUT2D eigenvalue weighted by molar-refractivity contribution is 6.04. The molecule has 0 heterocycles. The number of aromatic hydroxyl groups is 3. The fourth-order valence-corrected chi connectivity index (χ4v) is 2.33. The van der Waals surface area contributed by atoms with Crippen LogP contribution >= 0.6 is 0 Å². The molecule has 0 fully saturated rings. The van der Waals surface area contributed by atoms with Crippen LogP contribution in [0.3, 0.4) is 0 Å². The van der Waals surface area contributed by atoms with E-state index in [1.54, 1.807) is 25.1 Å². The Labute approximate surface area is 146 Å². The second-order valence-electron chi connectivity index (χ2n) is 5.66. The second kappa shape index (κ2) is 8.19. The molecule has 0 spiro atoms. The van der Waals surface area contributed by atoms with Gasteiger partial charge in [-0.15, -0.1) is 0 Å². The highest BCUT2D eigenvalue weighted by Gasteiger charge is 2.13. The van der Waals surface area contributed by atoms with Crippen molar-refractivity contribution < 1.29 is 20.1 Å². The summed E-state index contributed by atoms with van der Waals surface area (Å²) in [5.41, 5.74) is 2.26. The van der Waals surface area contributed by atoms with E-state index in [0.29, 0.717) is 23.3 Å². The van der Waals surface area contributed by atoms with Crippen molar-refractivity contribution in [2.45, 2.75) is 20.3 Å². The van der Waals surface area contributed by atoms with Crippen molar-refractivity contribution in [2.75, 3.05) is 18.4 Å². The molecule has 4 N–H and O–H groups in total. The van der Waals surface area contributed by atoms with E-state index < -0.39 is 0 Å². The maximum Gasteiger partial charge on any atom is 0.173 e. The van der Waals surface area contributed by atoms with Gasteiger partial charge in [0.25, 0.3) is 0 Å². The predicted molar refractivity (Wildman–Crippen MR) is 97.8 cm³/mol. The number of carbonyl (C=O) groups is 1. The molecule has 0 bridgehead atoms. The number of nitrogens with zero attached hydrogens (tertiary/aromatic N) is 1. The summed E-state index contributed by atoms with van der Waals surface area (Å²) in [5.74, 6) is 0.0632. The summed E-state index contributed by atoms with van der Waals surface area (Å²) >= 11 is 0. The van der Waals surface area contributed by atoms with Crippen LogP contribution in [0.15, 0.2) is 41.4 Å². The summed E-state index contributed by atoms with van der Waals surface area (Å²) in [5, 5.41) is 32.0. The zero-order valence-corrected chi connectivity index (χ0v) is 14.3. The fourth-order valence-electron chi connectivity index (χ4n) is 2.33. The molecule has 6 nitrogen and oxygen atoms in total. The summed E-state index contributed by atoms with van der Waals surface area (Å²) in [6.45, 7) is 3.62. The van der Waals surface area contributed by atoms with Crippen LogP contribution in [0.2, 0.25) is 0 Å². The standard InChI is InChI=1S/C19H22N2O4/c1-3-17(16-8-9-18(24)12(2)19(16)25)21-11-15(23)10-20-13-4-6-14(22)7-5-13/h4-9,20,22,24-25H,3,10-11H2,1-2H3. The normalized spacial score (nSPS) is 11.4. The minimum atomic E-state index is -0.103. The van der Waals surface area contributed by atoms with Gasteiger partial charge >= 0.3 is 0 Å². The zero-order chi connectivity index (χ0) is 18.4. The van der Waals surface area contributed by atoms with Crippen LogP contribution in [-0.2, 0) is 4.79 Å². The van der Waals surface area contributed by atoms with Crippen LogP contribution in [0.1, 0.15) is 24.5 Å². The third-order valence-corrected chi connectivity index (χ3v) is 3.85. The Kier molecular flexibility index (Phi) is 6.00. The average Bonchev–Trinajstić information content (AvgIpc) is 2.61. The van der Waals surface area contributed by atoms with Crippen LogP contribution in [0.5, 0.6) is 17.2 Å². The fraction of sp³-hybridized carbons (Fsp3) is 0.263. The number of ketones is 1. The largest absolute Gasteiger partial charge is 0.508 e. The number of aliphatic imine (C=N–C) groups is 1. The lowest BCUT2D eigenvalue weighted by Gasteiger charge is -2.10. The Morgan fingerprint density at radius 1 is 1.08 bits per heavy atom. The van der Waals surface area contributed by atoms with E-state index in [0.717, 1.165) is 5.69 Å². The maximum absolute atomic E-state index is 12.0. The Morgan fingerprint density at radius 3 is 2.40 bits per heavy atom. The third-order valence-electron chi connectivity index (χ3n) is 3.85. The van der Waals surface area contributed by atoms with E-state index in [2.05, 4.69) is 10.3 Å². The number of phenolic OH excluding ortho intramolecular Hbond substituents is 3. The number of carbonyl (C=O) groups excluding carboxylic acids is 1. The number of nitrogens with one attached hydrogen (secondary N) is 1. The average molecular weight is 342 g/mol. The molecule has 6 heteroatoms. The van der Waals surface area contributed by atoms with Crippen molar-refractivity contribution in [1.82, 2.24) is 0 Å². The van der Waals surface area contributed by atoms with Crippen molar-refractivity contribution in [3.63, 3.8) is 0 Å². The molecule has 0 aliphatic carbocycles. The SMILES string of the molecule is CCC(=NCC(=O)CNc1ccc(O)cc1)c1ccc(O)c(C)c1O. The molecule has 0 aromatic heterocycles. The predicted octanol–water partition coefficient (Wildman–Crippen LogP) is 2.99. The molecule has 0 atom stereocenters. The summed E-state index contributed by atoms with van der Waals surface area (Å²) in [7, 11) is 0. The van der Waals surface area contributed by atoms with Crippen molar-refractivity contribution in [3.05, 3.63) is 47.5 Å². The van der Waals surface area contributed by atoms with Gasteiger partial charge in [0, 0.05) is 22.5 Å². The van der Waals surface area contributed by atoms with Crippen LogP contribution < -0.4 is 5.32 Å². The number of rotatable bonds is 7. The number of anilines is 1. The van der Waals surface area contributed by atoms with E-state index in [9.17, 15) is 20.1 Å². The molecule has 2 aromatic carbocycles. The lowest BCUT2D eigenvalue weighted by Crippen LogP contribution is -2.17. The summed E-state index contributed by atoms with van der Waals surface area (Å²) in [6, 6.07) is 9.54. The summed E-state index contributed by atoms with van der Waals surface area (Å²) in [6.07, 6.45) is 0.552. The molecule has 25 heavy (non-hydrogen) atoms. The Morgan fingerprint density at radius 2 is 1.76 bits per heavy atom. The molecule has 0 saturated heterocycles. The zero-order valence-electron chi connectivity index (χ0n) is 14.3. The van der Waals surface area contributed by atoms with Crippen molar-refractivity contribution in [3.8, 4) is 17.2 Å². The summed E-state index contributed by atoms with van der Waals surface area (Å²) in [4.78, 5) is 16.3. The quantitative estimate of drug-likeness (QED) is 0.458. The van der Waals surface area contributed by atoms with Crippen molar-refractivity contribution >= 4 is 17.2 Å². The Balaban J connectivity index is 2.01. The van der Waals surface area contributed by atoms with Gasteiger partial charge in [0.05, 0.1) is 13.1 Å². The van der Waals surface area contributed by atoms with Gasteiger partial charge in [0.15, 0.2) is 5.78 Å². The maximum atomic E-state index is 12.0. The molecule has 0 unspecified atom stereocenters. The number of hydrogen-bond donors (Lipinski definition) is 4. The van der Waals surface area contributed by atoms with E-state index in [1.165, 1.54) is 18.2 Å². The molecular formula is C19H22N2O4. The minimum Gasteiger partial charge on any atom is -0.508 e. The first-order valence-electron chi connectivity index (χ1n) is 8.02. The number of hydrogen-bond acceptors (Lipinski definition) is 6. The molecular weight excluding hydrogens is 320 g/mol. The first kappa shape index (κ1) is 18.3. The van der Waals surface area contributed by atoms with Crippen LogP contribution in [-0.4, -0.2) is 39.9 Å². The van der Waals surface area contributed by atoms with Crippen molar-refractivity contribution in [1.29, 1.82) is 0 Å². The number of phenols is 3. The van der Waals surface area contributed by atoms with Gasteiger partial charge in [0.1, 0.15) is 17.2 Å². The van der Waals surface area contributed by atoms with Crippen LogP contribution in [0, 0.1) is 6.92 Å². The van der Waals surface area contributed by atoms with Gasteiger partial charge in [0.2, 0.25) is 0 Å². The van der Waals surface area contributed by atoms with Crippen LogP contribution in [0.25, 0.3) is 0 Å². The van der Waals surface area contributed by atoms with Gasteiger partial charge < -0.3 is 20.6 Å². The Bertz CT molecular complexity index is 783. The third kappa shape index (κ3) is 4.73. The molecule has 0 amide bonds. The number of Topliss-reactive ketones (excluding diaryl/α,β-unsaturated/α-hetero) is 1. The van der Waals surface area contributed by atoms with Gasteiger partial charge in [-0.25, -0.2) is 0 Å². The smallest absolute Gasteiger partial charge is 0.173 e. The monoisotopic (exact) mass is 342 g/mol. The number of benzene rings is 2. The summed E-state index contributed by atoms with van der Waals surface area (Å²) < 4.78 is 0. The molecule has 2 aromatic rings. The first-order chi connectivity index (χ1) is 11.9. The van der Waals surface area contributed by atoms with E-state index in [-0.39, 0.29) is 36.1 Å². The van der Waals surface area contributed by atoms with Gasteiger partial charge in [-0.3, -0.25) is 9.79 Å². The molecule has 0 aliphatic rings. The van der Waals surface area contributed by atoms with Gasteiger partial charge in [-0.05, 0) is 49.7 Å². The molecule has 0 radical (unpaired) electrons. The molecule has 0 aliphatic heterocycles. The first-order valence-corrected chi connectivity index (χ1v) is 8.02. The highest BCUT2D eigenvalue weighted by Crippen LogP contribution is 2.30. The highest BCUT2D eigenvalue weighted by atomic mass is 16.3. The van der Waals surface area contributed by atoms with Gasteiger partial charge in [-0.2, -0.15) is 0 Å². The molecule has 0 saturated carbocycles. The van der Waals surface area contributed by atoms with E-state index >= 15 is 0 Å². The Hall–Kier alpha value is -3.02. The van der Waals surface area contributed by atoms with Crippen LogP contribution in [0.4, 0.5) is 5.69 Å². The lowest BCUT2D eigenvalue weighted by atomic mass is 10.0.